The molecule has 0 bridgehead atoms. The molecule has 1 aliphatic rings. The van der Waals surface area contributed by atoms with Gasteiger partial charge in [-0.05, 0) is 51.8 Å². The number of aliphatic imine (C=N–C) groups is 1. The Morgan fingerprint density at radius 2 is 1.90 bits per heavy atom. The van der Waals surface area contributed by atoms with Gasteiger partial charge in [-0.25, -0.2) is 9.79 Å². The first-order valence-electron chi connectivity index (χ1n) is 5.66. The van der Waals surface area contributed by atoms with Gasteiger partial charge in [0.25, 0.3) is 5.90 Å². The van der Waals surface area contributed by atoms with Gasteiger partial charge in [-0.1, -0.05) is 23.7 Å². The van der Waals surface area contributed by atoms with Crippen LogP contribution in [0, 0.1) is 0 Å². The van der Waals surface area contributed by atoms with Gasteiger partial charge in [-0.15, -0.1) is 0 Å². The van der Waals surface area contributed by atoms with E-state index in [9.17, 15) is 4.79 Å². The smallest absolute Gasteiger partial charge is 0.363 e. The summed E-state index contributed by atoms with van der Waals surface area (Å²) >= 11 is 8.99. The lowest BCUT2D eigenvalue weighted by atomic mass is 10.2. The predicted molar refractivity (Wildman–Crippen MR) is 78.5 cm³/mol. The third kappa shape index (κ3) is 2.69. The molecule has 20 heavy (non-hydrogen) atoms. The van der Waals surface area contributed by atoms with Gasteiger partial charge in [-0.2, -0.15) is 0 Å². The molecule has 0 spiro atoms. The van der Waals surface area contributed by atoms with E-state index in [1.807, 2.05) is 0 Å². The van der Waals surface area contributed by atoms with Crippen molar-refractivity contribution >= 4 is 45.5 Å². The van der Waals surface area contributed by atoms with Gasteiger partial charge in [-0.3, -0.25) is 0 Å². The van der Waals surface area contributed by atoms with Gasteiger partial charge < -0.3 is 9.15 Å². The maximum Gasteiger partial charge on any atom is 0.363 e. The minimum Gasteiger partial charge on any atom is -0.444 e. The van der Waals surface area contributed by atoms with E-state index in [-0.39, 0.29) is 11.6 Å². The zero-order valence-corrected chi connectivity index (χ0v) is 12.3. The monoisotopic (exact) mass is 351 g/mol. The molecule has 100 valence electrons. The van der Waals surface area contributed by atoms with Crippen molar-refractivity contribution in [2.75, 3.05) is 0 Å². The van der Waals surface area contributed by atoms with E-state index < -0.39 is 5.97 Å². The van der Waals surface area contributed by atoms with E-state index >= 15 is 0 Å². The number of furan rings is 1. The zero-order valence-electron chi connectivity index (χ0n) is 9.97. The zero-order chi connectivity index (χ0) is 14.1. The second-order valence-corrected chi connectivity index (χ2v) is 5.21. The minimum absolute atomic E-state index is 0.154. The molecule has 3 rings (SSSR count). The molecule has 0 radical (unpaired) electrons. The maximum atomic E-state index is 11.8. The summed E-state index contributed by atoms with van der Waals surface area (Å²) in [4.78, 5) is 15.9. The number of carbonyl (C=O) groups excluding carboxylic acids is 1. The van der Waals surface area contributed by atoms with Crippen LogP contribution >= 0.6 is 27.5 Å². The lowest BCUT2D eigenvalue weighted by Gasteiger charge is -1.94. The summed E-state index contributed by atoms with van der Waals surface area (Å²) in [6.45, 7) is 0. The average molecular weight is 353 g/mol. The van der Waals surface area contributed by atoms with Gasteiger partial charge in [0.2, 0.25) is 0 Å². The Kier molecular flexibility index (Phi) is 3.46. The highest BCUT2D eigenvalue weighted by Crippen LogP contribution is 2.22. The van der Waals surface area contributed by atoms with Crippen molar-refractivity contribution < 1.29 is 13.9 Å². The van der Waals surface area contributed by atoms with Crippen molar-refractivity contribution in [3.8, 4) is 0 Å². The second-order valence-electron chi connectivity index (χ2n) is 3.99. The van der Waals surface area contributed by atoms with Crippen LogP contribution in [0.2, 0.25) is 5.02 Å². The van der Waals surface area contributed by atoms with Crippen molar-refractivity contribution in [3.63, 3.8) is 0 Å². The van der Waals surface area contributed by atoms with Crippen molar-refractivity contribution in [2.45, 2.75) is 0 Å². The van der Waals surface area contributed by atoms with Crippen molar-refractivity contribution in [1.29, 1.82) is 0 Å². The fraction of sp³-hybridized carbons (Fsp3) is 0. The van der Waals surface area contributed by atoms with Crippen LogP contribution in [0.5, 0.6) is 0 Å². The number of esters is 1. The Morgan fingerprint density at radius 1 is 1.15 bits per heavy atom. The molecule has 0 amide bonds. The largest absolute Gasteiger partial charge is 0.444 e. The quantitative estimate of drug-likeness (QED) is 0.605. The molecule has 4 nitrogen and oxygen atoms in total. The van der Waals surface area contributed by atoms with Crippen LogP contribution in [0.15, 0.2) is 56.2 Å². The first-order chi connectivity index (χ1) is 9.61. The molecule has 0 saturated heterocycles. The van der Waals surface area contributed by atoms with E-state index in [1.54, 1.807) is 42.5 Å². The Morgan fingerprint density at radius 3 is 2.55 bits per heavy atom. The molecule has 1 aromatic heterocycles. The number of benzene rings is 1. The van der Waals surface area contributed by atoms with Gasteiger partial charge in [0.15, 0.2) is 16.1 Å². The molecule has 1 aromatic carbocycles. The van der Waals surface area contributed by atoms with Crippen molar-refractivity contribution in [1.82, 2.24) is 0 Å². The second kappa shape index (κ2) is 5.26. The van der Waals surface area contributed by atoms with Gasteiger partial charge in [0.05, 0.1) is 0 Å². The van der Waals surface area contributed by atoms with Crippen LogP contribution in [-0.4, -0.2) is 11.9 Å². The molecule has 0 aliphatic carbocycles. The molecule has 1 aliphatic heterocycles. The molecule has 0 atom stereocenters. The Hall–Kier alpha value is -1.85. The number of halogens is 2. The number of hydrogen-bond donors (Lipinski definition) is 0. The van der Waals surface area contributed by atoms with Crippen LogP contribution in [-0.2, 0) is 9.53 Å². The third-order valence-corrected chi connectivity index (χ3v) is 3.26. The van der Waals surface area contributed by atoms with Crippen molar-refractivity contribution in [3.05, 3.63) is 63.1 Å². The molecule has 6 heteroatoms. The van der Waals surface area contributed by atoms with E-state index in [4.69, 9.17) is 20.8 Å². The van der Waals surface area contributed by atoms with E-state index in [0.29, 0.717) is 15.5 Å². The molecule has 0 N–H and O–H groups in total. The van der Waals surface area contributed by atoms with Gasteiger partial charge in [0.1, 0.15) is 0 Å². The lowest BCUT2D eigenvalue weighted by Crippen LogP contribution is -2.04. The first kappa shape index (κ1) is 13.1. The van der Waals surface area contributed by atoms with Crippen LogP contribution in [0.3, 0.4) is 0 Å². The number of rotatable bonds is 2. The minimum atomic E-state index is -0.512. The van der Waals surface area contributed by atoms with Crippen LogP contribution in [0.1, 0.15) is 11.3 Å². The number of ether oxygens (including phenoxy) is 1. The summed E-state index contributed by atoms with van der Waals surface area (Å²) in [5.74, 6) is 0.0353. The summed E-state index contributed by atoms with van der Waals surface area (Å²) in [6.07, 6.45) is 1.63. The topological polar surface area (TPSA) is 51.8 Å². The SMILES string of the molecule is O=C1OC(c2ccc(Br)o2)=N/C1=C\c1ccc(Cl)cc1. The molecule has 0 unspecified atom stereocenters. The summed E-state index contributed by atoms with van der Waals surface area (Å²) in [7, 11) is 0. The summed E-state index contributed by atoms with van der Waals surface area (Å²) in [6, 6.07) is 10.4. The van der Waals surface area contributed by atoms with E-state index in [0.717, 1.165) is 5.56 Å². The standard InChI is InChI=1S/C14H7BrClNO3/c15-12-6-5-11(19-12)13-17-10(14(18)20-13)7-8-1-3-9(16)4-2-8/h1-7H/b10-7-. The Labute approximate surface area is 127 Å². The third-order valence-electron chi connectivity index (χ3n) is 2.58. The van der Waals surface area contributed by atoms with Crippen molar-refractivity contribution in [2.24, 2.45) is 4.99 Å². The molecule has 0 saturated carbocycles. The van der Waals surface area contributed by atoms with Gasteiger partial charge in [0, 0.05) is 5.02 Å². The number of cyclic esters (lactones) is 1. The normalized spacial score (nSPS) is 16.4. The highest BCUT2D eigenvalue weighted by Gasteiger charge is 2.26. The van der Waals surface area contributed by atoms with Crippen LogP contribution < -0.4 is 0 Å². The first-order valence-corrected chi connectivity index (χ1v) is 6.83. The number of hydrogen-bond acceptors (Lipinski definition) is 4. The summed E-state index contributed by atoms with van der Waals surface area (Å²) < 4.78 is 10.9. The Bertz CT molecular complexity index is 731. The molecule has 2 aromatic rings. The summed E-state index contributed by atoms with van der Waals surface area (Å²) in [5, 5.41) is 0.630. The van der Waals surface area contributed by atoms with Crippen LogP contribution in [0.25, 0.3) is 6.08 Å². The van der Waals surface area contributed by atoms with E-state index in [2.05, 4.69) is 20.9 Å². The van der Waals surface area contributed by atoms with E-state index in [1.165, 1.54) is 0 Å². The maximum absolute atomic E-state index is 11.8. The van der Waals surface area contributed by atoms with Gasteiger partial charge >= 0.3 is 5.97 Å². The Balaban J connectivity index is 1.92. The molecular formula is C14H7BrClNO3. The average Bonchev–Trinajstić information content (AvgIpc) is 3.00. The summed E-state index contributed by atoms with van der Waals surface area (Å²) in [5.41, 5.74) is 1.03. The number of nitrogens with zero attached hydrogens (tertiary/aromatic N) is 1. The molecule has 2 heterocycles. The highest BCUT2D eigenvalue weighted by molar-refractivity contribution is 9.10. The number of carbonyl (C=O) groups is 1. The molecule has 0 fully saturated rings. The molecular weight excluding hydrogens is 346 g/mol. The fourth-order valence-corrected chi connectivity index (χ4v) is 2.09. The van der Waals surface area contributed by atoms with Crippen LogP contribution in [0.4, 0.5) is 0 Å². The lowest BCUT2D eigenvalue weighted by molar-refractivity contribution is -0.130. The highest BCUT2D eigenvalue weighted by atomic mass is 79.9. The predicted octanol–water partition coefficient (Wildman–Crippen LogP) is 4.04. The fourth-order valence-electron chi connectivity index (χ4n) is 1.66.